The van der Waals surface area contributed by atoms with Crippen LogP contribution in [0.1, 0.15) is 6.92 Å². The lowest BCUT2D eigenvalue weighted by molar-refractivity contribution is 1.28. The summed E-state index contributed by atoms with van der Waals surface area (Å²) in [5, 5.41) is 3.11. The van der Waals surface area contributed by atoms with E-state index in [0.29, 0.717) is 12.4 Å². The lowest BCUT2D eigenvalue weighted by atomic mass is 10.4. The van der Waals surface area contributed by atoms with Gasteiger partial charge in [-0.1, -0.05) is 5.92 Å². The van der Waals surface area contributed by atoms with E-state index in [4.69, 9.17) is 5.73 Å². The number of nitrogens with one attached hydrogen (secondary N) is 1. The molecule has 0 bridgehead atoms. The molecule has 0 saturated carbocycles. The highest BCUT2D eigenvalue weighted by Gasteiger charge is 1.98. The van der Waals surface area contributed by atoms with E-state index in [0.717, 1.165) is 10.2 Å². The number of nitrogens with zero attached hydrogens (tertiary/aromatic N) is 1. The first kappa shape index (κ1) is 9.87. The number of hydrogen-bond acceptors (Lipinski definition) is 3. The third-order valence-electron chi connectivity index (χ3n) is 1.42. The van der Waals surface area contributed by atoms with Gasteiger partial charge in [0.2, 0.25) is 0 Å². The van der Waals surface area contributed by atoms with Crippen LogP contribution in [-0.4, -0.2) is 11.5 Å². The summed E-state index contributed by atoms with van der Waals surface area (Å²) in [7, 11) is 0. The highest BCUT2D eigenvalue weighted by atomic mass is 79.9. The van der Waals surface area contributed by atoms with E-state index in [2.05, 4.69) is 38.1 Å². The Morgan fingerprint density at radius 3 is 3.15 bits per heavy atom. The minimum atomic E-state index is 0.496. The molecule has 1 heterocycles. The van der Waals surface area contributed by atoms with Crippen LogP contribution in [-0.2, 0) is 0 Å². The molecule has 0 saturated heterocycles. The van der Waals surface area contributed by atoms with Crippen molar-refractivity contribution in [3.63, 3.8) is 0 Å². The van der Waals surface area contributed by atoms with Gasteiger partial charge in [-0.2, -0.15) is 0 Å². The van der Waals surface area contributed by atoms with E-state index in [9.17, 15) is 0 Å². The topological polar surface area (TPSA) is 50.9 Å². The minimum absolute atomic E-state index is 0.496. The molecule has 4 heteroatoms. The largest absolute Gasteiger partial charge is 0.384 e. The van der Waals surface area contributed by atoms with Crippen molar-refractivity contribution in [2.45, 2.75) is 6.92 Å². The fourth-order valence-electron chi connectivity index (χ4n) is 0.818. The molecule has 0 spiro atoms. The zero-order chi connectivity index (χ0) is 9.68. The van der Waals surface area contributed by atoms with E-state index in [1.54, 1.807) is 19.2 Å². The van der Waals surface area contributed by atoms with Gasteiger partial charge < -0.3 is 11.1 Å². The van der Waals surface area contributed by atoms with Gasteiger partial charge in [-0.05, 0) is 22.9 Å². The Morgan fingerprint density at radius 1 is 1.69 bits per heavy atom. The molecule has 0 atom stereocenters. The summed E-state index contributed by atoms with van der Waals surface area (Å²) in [5.74, 6) is 6.19. The normalized spacial score (nSPS) is 8.77. The van der Waals surface area contributed by atoms with E-state index < -0.39 is 0 Å². The van der Waals surface area contributed by atoms with E-state index >= 15 is 0 Å². The maximum absolute atomic E-state index is 5.52. The molecule has 68 valence electrons. The van der Waals surface area contributed by atoms with Crippen LogP contribution in [0, 0.1) is 11.8 Å². The summed E-state index contributed by atoms with van der Waals surface area (Å²) >= 11 is 3.35. The number of hydrogen-bond donors (Lipinski definition) is 2. The highest BCUT2D eigenvalue weighted by Crippen LogP contribution is 2.22. The first-order valence-corrected chi connectivity index (χ1v) is 4.58. The molecule has 0 amide bonds. The molecule has 3 N–H and O–H groups in total. The van der Waals surface area contributed by atoms with Gasteiger partial charge in [0.25, 0.3) is 0 Å². The molecule has 3 nitrogen and oxygen atoms in total. The van der Waals surface area contributed by atoms with Crippen molar-refractivity contribution in [1.29, 1.82) is 0 Å². The Bertz CT molecular complexity index is 352. The van der Waals surface area contributed by atoms with Crippen LogP contribution in [0.4, 0.5) is 11.5 Å². The number of aromatic nitrogens is 1. The van der Waals surface area contributed by atoms with Crippen molar-refractivity contribution >= 4 is 27.4 Å². The molecule has 0 aliphatic rings. The molecule has 0 unspecified atom stereocenters. The van der Waals surface area contributed by atoms with Crippen LogP contribution in [0.25, 0.3) is 0 Å². The zero-order valence-corrected chi connectivity index (χ0v) is 8.85. The molecular weight excluding hydrogens is 230 g/mol. The second kappa shape index (κ2) is 4.73. The number of nitrogens with two attached hydrogens (primary N) is 1. The van der Waals surface area contributed by atoms with E-state index in [-0.39, 0.29) is 0 Å². The molecule has 0 aliphatic heterocycles. The van der Waals surface area contributed by atoms with Crippen molar-refractivity contribution in [1.82, 2.24) is 4.98 Å². The van der Waals surface area contributed by atoms with Gasteiger partial charge in [-0.3, -0.25) is 0 Å². The Kier molecular flexibility index (Phi) is 3.59. The number of anilines is 2. The van der Waals surface area contributed by atoms with Crippen LogP contribution >= 0.6 is 15.9 Å². The molecule has 0 aromatic carbocycles. The Labute approximate surface area is 85.9 Å². The van der Waals surface area contributed by atoms with Crippen LogP contribution in [0.15, 0.2) is 16.7 Å². The number of halogens is 1. The lowest BCUT2D eigenvalue weighted by Crippen LogP contribution is -2.01. The SMILES string of the molecule is CC#CCNc1cc(N)ncc1Br. The van der Waals surface area contributed by atoms with Crippen molar-refractivity contribution in [2.75, 3.05) is 17.6 Å². The highest BCUT2D eigenvalue weighted by molar-refractivity contribution is 9.10. The zero-order valence-electron chi connectivity index (χ0n) is 7.26. The van der Waals surface area contributed by atoms with Crippen molar-refractivity contribution in [3.05, 3.63) is 16.7 Å². The predicted octanol–water partition coefficient (Wildman–Crippen LogP) is 1.86. The van der Waals surface area contributed by atoms with Gasteiger partial charge >= 0.3 is 0 Å². The molecule has 0 fully saturated rings. The monoisotopic (exact) mass is 239 g/mol. The number of pyridine rings is 1. The maximum Gasteiger partial charge on any atom is 0.125 e. The predicted molar refractivity (Wildman–Crippen MR) is 58.3 cm³/mol. The summed E-state index contributed by atoms with van der Waals surface area (Å²) in [6.45, 7) is 2.41. The first-order chi connectivity index (χ1) is 6.24. The quantitative estimate of drug-likeness (QED) is 0.776. The number of rotatable bonds is 2. The smallest absolute Gasteiger partial charge is 0.125 e. The van der Waals surface area contributed by atoms with Crippen molar-refractivity contribution in [3.8, 4) is 11.8 Å². The number of nitrogen functional groups attached to an aromatic ring is 1. The Balaban J connectivity index is 2.73. The average molecular weight is 240 g/mol. The molecule has 1 aromatic heterocycles. The Hall–Kier alpha value is -1.21. The van der Waals surface area contributed by atoms with Gasteiger partial charge in [0.15, 0.2) is 0 Å². The third kappa shape index (κ3) is 2.96. The molecule has 1 rings (SSSR count). The van der Waals surface area contributed by atoms with Crippen LogP contribution < -0.4 is 11.1 Å². The molecule has 1 aromatic rings. The van der Waals surface area contributed by atoms with Crippen LogP contribution in [0.2, 0.25) is 0 Å². The first-order valence-electron chi connectivity index (χ1n) is 3.78. The standard InChI is InChI=1S/C9H10BrN3/c1-2-3-4-12-8-5-9(11)13-6-7(8)10/h5-6H,4H2,1H3,(H3,11,12,13). The molecular formula is C9H10BrN3. The van der Waals surface area contributed by atoms with E-state index in [1.165, 1.54) is 0 Å². The van der Waals surface area contributed by atoms with Gasteiger partial charge in [0.1, 0.15) is 5.82 Å². The molecule has 13 heavy (non-hydrogen) atoms. The summed E-state index contributed by atoms with van der Waals surface area (Å²) in [6.07, 6.45) is 1.66. The Morgan fingerprint density at radius 2 is 2.46 bits per heavy atom. The fourth-order valence-corrected chi connectivity index (χ4v) is 1.18. The van der Waals surface area contributed by atoms with Gasteiger partial charge in [0.05, 0.1) is 16.7 Å². The molecule has 0 radical (unpaired) electrons. The van der Waals surface area contributed by atoms with Gasteiger partial charge in [-0.15, -0.1) is 5.92 Å². The maximum atomic E-state index is 5.52. The summed E-state index contributed by atoms with van der Waals surface area (Å²) < 4.78 is 0.889. The minimum Gasteiger partial charge on any atom is -0.384 e. The van der Waals surface area contributed by atoms with Crippen molar-refractivity contribution in [2.24, 2.45) is 0 Å². The summed E-state index contributed by atoms with van der Waals surface area (Å²) in [6, 6.07) is 1.77. The van der Waals surface area contributed by atoms with E-state index in [1.807, 2.05) is 0 Å². The summed E-state index contributed by atoms with van der Waals surface area (Å²) in [5.41, 5.74) is 6.44. The molecule has 0 aliphatic carbocycles. The second-order valence-corrected chi connectivity index (χ2v) is 3.22. The van der Waals surface area contributed by atoms with Crippen LogP contribution in [0.3, 0.4) is 0 Å². The van der Waals surface area contributed by atoms with Gasteiger partial charge in [-0.25, -0.2) is 4.98 Å². The fraction of sp³-hybridized carbons (Fsp3) is 0.222. The average Bonchev–Trinajstić information content (AvgIpc) is 2.11. The second-order valence-electron chi connectivity index (χ2n) is 2.37. The lowest BCUT2D eigenvalue weighted by Gasteiger charge is -2.04. The van der Waals surface area contributed by atoms with Crippen molar-refractivity contribution < 1.29 is 0 Å². The third-order valence-corrected chi connectivity index (χ3v) is 2.05. The van der Waals surface area contributed by atoms with Crippen LogP contribution in [0.5, 0.6) is 0 Å². The van der Waals surface area contributed by atoms with Gasteiger partial charge in [0, 0.05) is 12.3 Å². The summed E-state index contributed by atoms with van der Waals surface area (Å²) in [4.78, 5) is 3.92.